The van der Waals surface area contributed by atoms with E-state index >= 15 is 0 Å². The van der Waals surface area contributed by atoms with E-state index in [-0.39, 0.29) is 64.7 Å². The number of carbonyl (C=O) groups is 3. The summed E-state index contributed by atoms with van der Waals surface area (Å²) in [7, 11) is 0. The van der Waals surface area contributed by atoms with Gasteiger partial charge in [0.15, 0.2) is 5.78 Å². The number of ether oxygens (including phenoxy) is 1. The average molecular weight is 489 g/mol. The molecule has 1 aromatic heterocycles. The first kappa shape index (κ1) is 28.0. The van der Waals surface area contributed by atoms with Gasteiger partial charge in [-0.3, -0.25) is 14.4 Å². The third kappa shape index (κ3) is 6.49. The third-order valence-corrected chi connectivity index (χ3v) is 6.99. The molecule has 1 aromatic rings. The van der Waals surface area contributed by atoms with Crippen LogP contribution in [0, 0.1) is 5.92 Å². The first-order valence-corrected chi connectivity index (χ1v) is 11.4. The second kappa shape index (κ2) is 12.9. The topological polar surface area (TPSA) is 75.7 Å². The molecular formula is C22H36N2O4S3. The fourth-order valence-corrected chi connectivity index (χ4v) is 5.49. The monoisotopic (exact) mass is 488 g/mol. The Bertz CT molecular complexity index is 722. The maximum absolute atomic E-state index is 13.5. The van der Waals surface area contributed by atoms with E-state index in [9.17, 15) is 14.4 Å². The maximum atomic E-state index is 13.5. The molecule has 1 N–H and O–H groups in total. The zero-order valence-electron chi connectivity index (χ0n) is 17.1. The van der Waals surface area contributed by atoms with Crippen molar-refractivity contribution in [2.45, 2.75) is 77.0 Å². The summed E-state index contributed by atoms with van der Waals surface area (Å²) >= 11 is 1.46. The van der Waals surface area contributed by atoms with Crippen LogP contribution >= 0.6 is 38.3 Å². The maximum Gasteiger partial charge on any atom is 0.252 e. The molecule has 2 saturated heterocycles. The first-order chi connectivity index (χ1) is 13.6. The van der Waals surface area contributed by atoms with E-state index in [0.717, 1.165) is 25.7 Å². The van der Waals surface area contributed by atoms with Crippen LogP contribution in [-0.2, 0) is 14.3 Å². The van der Waals surface area contributed by atoms with E-state index in [4.69, 9.17) is 4.74 Å². The van der Waals surface area contributed by atoms with E-state index in [0.29, 0.717) is 24.4 Å². The highest BCUT2D eigenvalue weighted by atomic mass is 32.1. The number of fused-ring (bicyclic) bond motifs is 1. The van der Waals surface area contributed by atoms with Crippen LogP contribution < -0.4 is 5.32 Å². The number of carbonyl (C=O) groups excluding carboxylic acids is 3. The minimum absolute atomic E-state index is 0. The summed E-state index contributed by atoms with van der Waals surface area (Å²) in [6.45, 7) is 0.651. The van der Waals surface area contributed by atoms with Crippen molar-refractivity contribution >= 4 is 55.9 Å². The molecule has 3 aliphatic rings. The van der Waals surface area contributed by atoms with Crippen molar-refractivity contribution in [1.29, 1.82) is 0 Å². The van der Waals surface area contributed by atoms with E-state index in [1.54, 1.807) is 16.3 Å². The Morgan fingerprint density at radius 1 is 1.16 bits per heavy atom. The van der Waals surface area contributed by atoms with E-state index in [1.165, 1.54) is 30.6 Å². The number of thiophene rings is 1. The fourth-order valence-electron chi connectivity index (χ4n) is 4.85. The predicted molar refractivity (Wildman–Crippen MR) is 134 cm³/mol. The van der Waals surface area contributed by atoms with Gasteiger partial charge in [0.25, 0.3) is 5.91 Å². The van der Waals surface area contributed by atoms with Crippen molar-refractivity contribution in [3.8, 4) is 0 Å². The number of rotatable bonds is 5. The molecule has 4 rings (SSSR count). The molecule has 0 unspecified atom stereocenters. The number of amides is 2. The molecule has 176 valence electrons. The summed E-state index contributed by atoms with van der Waals surface area (Å²) in [5.74, 6) is 0.0980. The second-order valence-corrected chi connectivity index (χ2v) is 8.99. The zero-order valence-corrected chi connectivity index (χ0v) is 19.9. The van der Waals surface area contributed by atoms with Crippen LogP contribution in [0.4, 0.5) is 0 Å². The molecule has 3 atom stereocenters. The van der Waals surface area contributed by atoms with Crippen molar-refractivity contribution in [3.05, 3.63) is 22.4 Å². The van der Waals surface area contributed by atoms with E-state index < -0.39 is 12.1 Å². The van der Waals surface area contributed by atoms with Crippen molar-refractivity contribution in [2.24, 2.45) is 5.92 Å². The minimum atomic E-state index is -0.581. The predicted octanol–water partition coefficient (Wildman–Crippen LogP) is 3.64. The molecule has 3 heterocycles. The lowest BCUT2D eigenvalue weighted by atomic mass is 9.84. The second-order valence-electron chi connectivity index (χ2n) is 8.21. The van der Waals surface area contributed by atoms with E-state index in [2.05, 4.69) is 5.32 Å². The summed E-state index contributed by atoms with van der Waals surface area (Å²) < 4.78 is 5.59. The quantitative estimate of drug-likeness (QED) is 0.687. The Labute approximate surface area is 203 Å². The molecule has 1 aliphatic carbocycles. The van der Waals surface area contributed by atoms with Gasteiger partial charge in [0.1, 0.15) is 18.7 Å². The molecule has 9 heteroatoms. The lowest BCUT2D eigenvalue weighted by Gasteiger charge is -2.38. The molecule has 31 heavy (non-hydrogen) atoms. The van der Waals surface area contributed by atoms with Gasteiger partial charge in [0.2, 0.25) is 5.91 Å². The number of Topliss-reactive ketones (excluding diaryl/α,β-unsaturated/α-hetero) is 1. The van der Waals surface area contributed by atoms with E-state index in [1.807, 2.05) is 5.38 Å². The van der Waals surface area contributed by atoms with Crippen LogP contribution in [0.1, 0.15) is 69.2 Å². The molecule has 3 fully saturated rings. The lowest BCUT2D eigenvalue weighted by Crippen LogP contribution is -2.58. The van der Waals surface area contributed by atoms with Crippen LogP contribution in [-0.4, -0.2) is 53.8 Å². The van der Waals surface area contributed by atoms with Crippen LogP contribution in [0.2, 0.25) is 0 Å². The molecule has 6 nitrogen and oxygen atoms in total. The molecular weight excluding hydrogens is 452 g/mol. The highest BCUT2D eigenvalue weighted by molar-refractivity contribution is 7.59. The highest BCUT2D eigenvalue weighted by Gasteiger charge is 2.46. The molecule has 2 amide bonds. The molecule has 0 bridgehead atoms. The van der Waals surface area contributed by atoms with Crippen molar-refractivity contribution in [1.82, 2.24) is 10.2 Å². The Hall–Kier alpha value is -1.03. The number of nitrogens with zero attached hydrogens (tertiary/aromatic N) is 1. The van der Waals surface area contributed by atoms with Gasteiger partial charge < -0.3 is 15.0 Å². The number of piperidine rings is 1. The lowest BCUT2D eigenvalue weighted by molar-refractivity contribution is -0.142. The number of hydrogen-bond acceptors (Lipinski definition) is 5. The summed E-state index contributed by atoms with van der Waals surface area (Å²) in [6.07, 6.45) is 7.93. The van der Waals surface area contributed by atoms with Gasteiger partial charge in [-0.25, -0.2) is 0 Å². The van der Waals surface area contributed by atoms with Gasteiger partial charge in [-0.1, -0.05) is 39.5 Å². The fraction of sp³-hybridized carbons (Fsp3) is 0.682. The molecule has 1 saturated carbocycles. The van der Waals surface area contributed by atoms with Crippen LogP contribution in [0.15, 0.2) is 16.8 Å². The largest absolute Gasteiger partial charge is 0.368 e. The molecule has 2 aliphatic heterocycles. The minimum Gasteiger partial charge on any atom is -0.368 e. The van der Waals surface area contributed by atoms with Crippen LogP contribution in [0.5, 0.6) is 0 Å². The van der Waals surface area contributed by atoms with Gasteiger partial charge in [0, 0.05) is 11.9 Å². The molecule has 0 spiro atoms. The Balaban J connectivity index is 0.00000160. The van der Waals surface area contributed by atoms with Gasteiger partial charge in [0.05, 0.1) is 11.7 Å². The Kier molecular flexibility index (Phi) is 11.6. The zero-order chi connectivity index (χ0) is 19.5. The SMILES string of the molecule is C.O=C(N[C@@H](CC1CCCCC1)C(=O)N1CCC[C@H]2OCC(=O)[C@H]21)c1ccsc1.S.S. The van der Waals surface area contributed by atoms with Crippen LogP contribution in [0.25, 0.3) is 0 Å². The summed E-state index contributed by atoms with van der Waals surface area (Å²) in [6, 6.07) is 0.712. The molecule has 0 aromatic carbocycles. The summed E-state index contributed by atoms with van der Waals surface area (Å²) in [5.41, 5.74) is 0.586. The Morgan fingerprint density at radius 2 is 1.90 bits per heavy atom. The van der Waals surface area contributed by atoms with Crippen molar-refractivity contribution in [2.75, 3.05) is 13.2 Å². The normalized spacial score (nSPS) is 24.1. The number of nitrogens with one attached hydrogen (secondary N) is 1. The standard InChI is InChI=1S/C21H28N2O4S.CH4.2H2S/c24-17-12-27-18-7-4-9-23(19(17)18)21(26)16(11-14-5-2-1-3-6-14)22-20(25)15-8-10-28-13-15;;;/h8,10,13-14,16,18-19H,1-7,9,11-12H2,(H,22,25);1H4;2*1H2/t16-,18+,19+;;;/m0.../s1. The van der Waals surface area contributed by atoms with Crippen molar-refractivity contribution in [3.63, 3.8) is 0 Å². The van der Waals surface area contributed by atoms with Gasteiger partial charge in [-0.15, -0.1) is 0 Å². The Morgan fingerprint density at radius 3 is 2.58 bits per heavy atom. The average Bonchev–Trinajstić information content (AvgIpc) is 3.38. The first-order valence-electron chi connectivity index (χ1n) is 10.4. The van der Waals surface area contributed by atoms with Gasteiger partial charge in [-0.05, 0) is 36.6 Å². The summed E-state index contributed by atoms with van der Waals surface area (Å²) in [4.78, 5) is 40.2. The summed E-state index contributed by atoms with van der Waals surface area (Å²) in [5, 5.41) is 6.64. The smallest absolute Gasteiger partial charge is 0.252 e. The van der Waals surface area contributed by atoms with Gasteiger partial charge >= 0.3 is 0 Å². The highest BCUT2D eigenvalue weighted by Crippen LogP contribution is 2.30. The number of ketones is 1. The number of likely N-dealkylation sites (tertiary alicyclic amines) is 1. The van der Waals surface area contributed by atoms with Crippen LogP contribution in [0.3, 0.4) is 0 Å². The van der Waals surface area contributed by atoms with Crippen molar-refractivity contribution < 1.29 is 19.1 Å². The van der Waals surface area contributed by atoms with Gasteiger partial charge in [-0.2, -0.15) is 38.3 Å². The third-order valence-electron chi connectivity index (χ3n) is 6.31. The number of hydrogen-bond donors (Lipinski definition) is 1. The molecule has 0 radical (unpaired) electrons.